The van der Waals surface area contributed by atoms with Crippen LogP contribution in [0.1, 0.15) is 25.7 Å². The fourth-order valence-corrected chi connectivity index (χ4v) is 1.47. The molecule has 0 fully saturated rings. The zero-order valence-corrected chi connectivity index (χ0v) is 11.7. The number of hydrogen-bond acceptors (Lipinski definition) is 4. The summed E-state index contributed by atoms with van der Waals surface area (Å²) in [6, 6.07) is 0. The summed E-state index contributed by atoms with van der Waals surface area (Å²) >= 11 is 3.03. The summed E-state index contributed by atoms with van der Waals surface area (Å²) in [5.41, 5.74) is 0. The predicted octanol–water partition coefficient (Wildman–Crippen LogP) is 4.07. The average molecular weight is 277 g/mol. The standard InChI is InChI=1S/C8H16N2S2.2ClH/c1-11-7(9)5-3-4-6-8(10)12-2;;/h9-10H,3-6H2,1-2H3;2*1H. The van der Waals surface area contributed by atoms with Crippen LogP contribution in [0.15, 0.2) is 0 Å². The maximum Gasteiger partial charge on any atom is 0.0638 e. The number of nitrogens with one attached hydrogen (secondary N) is 2. The molecule has 2 nitrogen and oxygen atoms in total. The van der Waals surface area contributed by atoms with Gasteiger partial charge in [0.1, 0.15) is 0 Å². The van der Waals surface area contributed by atoms with Crippen LogP contribution in [0.25, 0.3) is 0 Å². The van der Waals surface area contributed by atoms with Gasteiger partial charge in [-0.15, -0.1) is 48.3 Å². The van der Waals surface area contributed by atoms with Gasteiger partial charge in [0, 0.05) is 0 Å². The minimum Gasteiger partial charge on any atom is -0.298 e. The lowest BCUT2D eigenvalue weighted by Crippen LogP contribution is -1.92. The Morgan fingerprint density at radius 1 is 0.857 bits per heavy atom. The smallest absolute Gasteiger partial charge is 0.0638 e. The molecule has 6 heteroatoms. The Morgan fingerprint density at radius 2 is 1.14 bits per heavy atom. The molecule has 14 heavy (non-hydrogen) atoms. The van der Waals surface area contributed by atoms with Crippen molar-refractivity contribution in [1.82, 2.24) is 0 Å². The summed E-state index contributed by atoms with van der Waals surface area (Å²) in [4.78, 5) is 0. The normalized spacial score (nSPS) is 8.43. The largest absolute Gasteiger partial charge is 0.298 e. The number of halogens is 2. The first-order chi connectivity index (χ1) is 5.70. The Labute approximate surface area is 107 Å². The van der Waals surface area contributed by atoms with E-state index >= 15 is 0 Å². The first-order valence-corrected chi connectivity index (χ1v) is 6.38. The van der Waals surface area contributed by atoms with Crippen molar-refractivity contribution in [2.45, 2.75) is 25.7 Å². The highest BCUT2D eigenvalue weighted by Gasteiger charge is 1.96. The summed E-state index contributed by atoms with van der Waals surface area (Å²) in [7, 11) is 0. The Hall–Kier alpha value is 0.620. The van der Waals surface area contributed by atoms with Crippen molar-refractivity contribution in [2.75, 3.05) is 12.5 Å². The molecule has 2 N–H and O–H groups in total. The lowest BCUT2D eigenvalue weighted by molar-refractivity contribution is 0.800. The molecule has 0 aliphatic heterocycles. The van der Waals surface area contributed by atoms with Gasteiger partial charge in [-0.1, -0.05) is 0 Å². The molecule has 0 aromatic rings. The maximum absolute atomic E-state index is 7.37. The highest BCUT2D eigenvalue weighted by atomic mass is 35.5. The van der Waals surface area contributed by atoms with Gasteiger partial charge in [0.25, 0.3) is 0 Å². The van der Waals surface area contributed by atoms with Crippen molar-refractivity contribution in [1.29, 1.82) is 10.8 Å². The van der Waals surface area contributed by atoms with Gasteiger partial charge in [0.05, 0.1) is 10.1 Å². The zero-order chi connectivity index (χ0) is 9.40. The Balaban J connectivity index is -0.000000605. The molecule has 0 saturated carbocycles. The SMILES string of the molecule is CSC(=N)CCCCC(=N)SC.Cl.Cl. The van der Waals surface area contributed by atoms with Crippen LogP contribution in [0.2, 0.25) is 0 Å². The Morgan fingerprint density at radius 3 is 1.36 bits per heavy atom. The zero-order valence-electron chi connectivity index (χ0n) is 8.46. The van der Waals surface area contributed by atoms with Crippen LogP contribution >= 0.6 is 48.3 Å². The molecule has 0 aliphatic rings. The minimum atomic E-state index is 0. The minimum absolute atomic E-state index is 0. The lowest BCUT2D eigenvalue weighted by Gasteiger charge is -2.00. The molecule has 0 saturated heterocycles. The first kappa shape index (κ1) is 20.1. The molecular formula is C8H18Cl2N2S2. The van der Waals surface area contributed by atoms with Gasteiger partial charge in [0.2, 0.25) is 0 Å². The van der Waals surface area contributed by atoms with E-state index in [9.17, 15) is 0 Å². The molecule has 0 rings (SSSR count). The van der Waals surface area contributed by atoms with E-state index < -0.39 is 0 Å². The van der Waals surface area contributed by atoms with E-state index in [0.717, 1.165) is 35.8 Å². The van der Waals surface area contributed by atoms with E-state index in [2.05, 4.69) is 0 Å². The van der Waals surface area contributed by atoms with Crippen molar-refractivity contribution in [3.8, 4) is 0 Å². The van der Waals surface area contributed by atoms with E-state index in [4.69, 9.17) is 10.8 Å². The molecule has 0 radical (unpaired) electrons. The predicted molar refractivity (Wildman–Crippen MR) is 75.4 cm³/mol. The molecule has 0 aromatic heterocycles. The number of hydrogen-bond donors (Lipinski definition) is 2. The summed E-state index contributed by atoms with van der Waals surface area (Å²) in [6.45, 7) is 0. The average Bonchev–Trinajstić information content (AvgIpc) is 2.11. The molecule has 0 aliphatic carbocycles. The summed E-state index contributed by atoms with van der Waals surface area (Å²) < 4.78 is 0. The molecule has 86 valence electrons. The van der Waals surface area contributed by atoms with Crippen molar-refractivity contribution in [2.24, 2.45) is 0 Å². The number of thioether (sulfide) groups is 2. The van der Waals surface area contributed by atoms with Gasteiger partial charge in [-0.25, -0.2) is 0 Å². The van der Waals surface area contributed by atoms with Crippen molar-refractivity contribution in [3.63, 3.8) is 0 Å². The van der Waals surface area contributed by atoms with Crippen molar-refractivity contribution < 1.29 is 0 Å². The van der Waals surface area contributed by atoms with Crippen LogP contribution in [-0.2, 0) is 0 Å². The summed E-state index contributed by atoms with van der Waals surface area (Å²) in [5, 5.41) is 16.3. The second kappa shape index (κ2) is 13.6. The number of unbranched alkanes of at least 4 members (excludes halogenated alkanes) is 1. The van der Waals surface area contributed by atoms with E-state index in [-0.39, 0.29) is 24.8 Å². The maximum atomic E-state index is 7.37. The van der Waals surface area contributed by atoms with Gasteiger partial charge in [0.15, 0.2) is 0 Å². The van der Waals surface area contributed by atoms with Gasteiger partial charge in [-0.05, 0) is 38.2 Å². The fraction of sp³-hybridized carbons (Fsp3) is 0.750. The lowest BCUT2D eigenvalue weighted by atomic mass is 10.2. The van der Waals surface area contributed by atoms with Gasteiger partial charge >= 0.3 is 0 Å². The topological polar surface area (TPSA) is 47.7 Å². The molecule has 0 heterocycles. The van der Waals surface area contributed by atoms with Crippen molar-refractivity contribution >= 4 is 58.4 Å². The highest BCUT2D eigenvalue weighted by molar-refractivity contribution is 8.13. The van der Waals surface area contributed by atoms with Crippen LogP contribution in [-0.4, -0.2) is 22.6 Å². The molecule has 0 amide bonds. The monoisotopic (exact) mass is 276 g/mol. The van der Waals surface area contributed by atoms with Crippen LogP contribution < -0.4 is 0 Å². The van der Waals surface area contributed by atoms with Crippen LogP contribution in [0.5, 0.6) is 0 Å². The van der Waals surface area contributed by atoms with Gasteiger partial charge < -0.3 is 0 Å². The number of rotatable bonds is 5. The fourth-order valence-electron chi connectivity index (χ4n) is 0.775. The third kappa shape index (κ3) is 12.6. The second-order valence-electron chi connectivity index (χ2n) is 2.46. The Bertz CT molecular complexity index is 147. The molecule has 0 aromatic carbocycles. The van der Waals surface area contributed by atoms with Gasteiger partial charge in [-0.3, -0.25) is 10.8 Å². The van der Waals surface area contributed by atoms with Crippen molar-refractivity contribution in [3.05, 3.63) is 0 Å². The van der Waals surface area contributed by atoms with Gasteiger partial charge in [-0.2, -0.15) is 0 Å². The third-order valence-corrected chi connectivity index (χ3v) is 2.94. The van der Waals surface area contributed by atoms with Crippen LogP contribution in [0, 0.1) is 10.8 Å². The van der Waals surface area contributed by atoms with Crippen LogP contribution in [0.3, 0.4) is 0 Å². The summed E-state index contributed by atoms with van der Waals surface area (Å²) in [6.07, 6.45) is 7.72. The highest BCUT2D eigenvalue weighted by Crippen LogP contribution is 2.10. The summed E-state index contributed by atoms with van der Waals surface area (Å²) in [5.74, 6) is 0. The van der Waals surface area contributed by atoms with E-state index in [1.807, 2.05) is 12.5 Å². The Kier molecular flexibility index (Phi) is 19.5. The molecule has 0 atom stereocenters. The molecule has 0 spiro atoms. The van der Waals surface area contributed by atoms with Crippen LogP contribution in [0.4, 0.5) is 0 Å². The molecular weight excluding hydrogens is 259 g/mol. The first-order valence-electron chi connectivity index (χ1n) is 3.93. The second-order valence-corrected chi connectivity index (χ2v) is 4.26. The molecule has 0 unspecified atom stereocenters. The van der Waals surface area contributed by atoms with E-state index in [1.165, 1.54) is 23.5 Å². The quantitative estimate of drug-likeness (QED) is 0.452. The third-order valence-electron chi connectivity index (χ3n) is 1.55. The van der Waals surface area contributed by atoms with E-state index in [1.54, 1.807) is 0 Å². The van der Waals surface area contributed by atoms with E-state index in [0.29, 0.717) is 0 Å². The molecule has 0 bridgehead atoms.